The molecule has 1 saturated heterocycles. The standard InChI is InChI=1S/C16H18ClN5O/c1-20-13-5-4-11(17)8-12(13)16-19-18-14(22(16)10-15(20)23)9-21-6-2-3-7-21/h4-5,8H,2-3,6-7,9-10H2,1H3. The number of benzene rings is 1. The van der Waals surface area contributed by atoms with Crippen molar-refractivity contribution in [1.82, 2.24) is 19.7 Å². The molecule has 0 N–H and O–H groups in total. The van der Waals surface area contributed by atoms with Gasteiger partial charge in [-0.2, -0.15) is 0 Å². The number of likely N-dealkylation sites (tertiary alicyclic amines) is 1. The van der Waals surface area contributed by atoms with Crippen LogP contribution in [-0.2, 0) is 17.9 Å². The van der Waals surface area contributed by atoms with Crippen molar-refractivity contribution in [3.8, 4) is 11.4 Å². The van der Waals surface area contributed by atoms with E-state index in [1.807, 2.05) is 16.7 Å². The monoisotopic (exact) mass is 331 g/mol. The van der Waals surface area contributed by atoms with Crippen LogP contribution >= 0.6 is 11.6 Å². The fraction of sp³-hybridized carbons (Fsp3) is 0.438. The lowest BCUT2D eigenvalue weighted by atomic mass is 10.1. The molecule has 0 spiro atoms. The van der Waals surface area contributed by atoms with Crippen molar-refractivity contribution < 1.29 is 4.79 Å². The SMILES string of the molecule is CN1C(=O)Cn2c(CN3CCCC3)nnc2-c2cc(Cl)ccc21. The molecule has 1 aromatic heterocycles. The van der Waals surface area contributed by atoms with Gasteiger partial charge in [-0.15, -0.1) is 10.2 Å². The molecule has 7 heteroatoms. The van der Waals surface area contributed by atoms with E-state index in [1.54, 1.807) is 18.0 Å². The lowest BCUT2D eigenvalue weighted by Crippen LogP contribution is -2.29. The Kier molecular flexibility index (Phi) is 3.58. The molecular weight excluding hydrogens is 314 g/mol. The molecule has 6 nitrogen and oxygen atoms in total. The summed E-state index contributed by atoms with van der Waals surface area (Å²) in [7, 11) is 1.79. The number of hydrogen-bond acceptors (Lipinski definition) is 4. The molecule has 2 aromatic rings. The number of hydrogen-bond donors (Lipinski definition) is 0. The molecule has 1 aromatic carbocycles. The minimum atomic E-state index is 0.0230. The number of aromatic nitrogens is 3. The largest absolute Gasteiger partial charge is 0.313 e. The van der Waals surface area contributed by atoms with E-state index in [4.69, 9.17) is 11.6 Å². The molecule has 0 radical (unpaired) electrons. The number of likely N-dealkylation sites (N-methyl/N-ethyl adjacent to an activating group) is 1. The van der Waals surface area contributed by atoms with Gasteiger partial charge in [-0.3, -0.25) is 9.69 Å². The highest BCUT2D eigenvalue weighted by Crippen LogP contribution is 2.34. The summed E-state index contributed by atoms with van der Waals surface area (Å²) in [6.07, 6.45) is 2.45. The normalized spacial score (nSPS) is 18.0. The van der Waals surface area contributed by atoms with E-state index < -0.39 is 0 Å². The summed E-state index contributed by atoms with van der Waals surface area (Å²) < 4.78 is 1.93. The first kappa shape index (κ1) is 14.7. The molecule has 0 saturated carbocycles. The smallest absolute Gasteiger partial charge is 0.246 e. The van der Waals surface area contributed by atoms with Gasteiger partial charge < -0.3 is 9.47 Å². The van der Waals surface area contributed by atoms with Crippen molar-refractivity contribution in [2.24, 2.45) is 0 Å². The molecule has 0 bridgehead atoms. The number of fused-ring (bicyclic) bond motifs is 3. The zero-order valence-electron chi connectivity index (χ0n) is 13.0. The van der Waals surface area contributed by atoms with Gasteiger partial charge in [-0.1, -0.05) is 11.6 Å². The van der Waals surface area contributed by atoms with Crippen LogP contribution in [0.25, 0.3) is 11.4 Å². The van der Waals surface area contributed by atoms with Gasteiger partial charge in [0.25, 0.3) is 0 Å². The third kappa shape index (κ3) is 2.52. The van der Waals surface area contributed by atoms with Gasteiger partial charge in [-0.25, -0.2) is 0 Å². The number of amides is 1. The van der Waals surface area contributed by atoms with E-state index in [0.29, 0.717) is 5.02 Å². The third-order valence-corrected chi connectivity index (χ3v) is 4.85. The van der Waals surface area contributed by atoms with Gasteiger partial charge in [0, 0.05) is 17.6 Å². The molecule has 1 amide bonds. The van der Waals surface area contributed by atoms with E-state index in [9.17, 15) is 4.79 Å². The van der Waals surface area contributed by atoms with Crippen LogP contribution in [-0.4, -0.2) is 45.7 Å². The molecule has 0 atom stereocenters. The lowest BCUT2D eigenvalue weighted by molar-refractivity contribution is -0.118. The number of anilines is 1. The predicted molar refractivity (Wildman–Crippen MR) is 88.4 cm³/mol. The Bertz CT molecular complexity index is 766. The van der Waals surface area contributed by atoms with E-state index in [1.165, 1.54) is 12.8 Å². The van der Waals surface area contributed by atoms with Crippen molar-refractivity contribution in [2.45, 2.75) is 25.9 Å². The molecule has 0 unspecified atom stereocenters. The van der Waals surface area contributed by atoms with Gasteiger partial charge in [0.05, 0.1) is 12.2 Å². The average Bonchev–Trinajstić information content (AvgIpc) is 3.15. The topological polar surface area (TPSA) is 54.3 Å². The van der Waals surface area contributed by atoms with Crippen molar-refractivity contribution in [2.75, 3.05) is 25.0 Å². The maximum absolute atomic E-state index is 12.5. The Morgan fingerprint density at radius 3 is 2.78 bits per heavy atom. The molecule has 1 fully saturated rings. The number of carbonyl (C=O) groups is 1. The second-order valence-corrected chi connectivity index (χ2v) is 6.56. The summed E-state index contributed by atoms with van der Waals surface area (Å²) in [5, 5.41) is 9.33. The van der Waals surface area contributed by atoms with E-state index in [0.717, 1.165) is 42.5 Å². The number of carbonyl (C=O) groups excluding carboxylic acids is 1. The molecule has 2 aliphatic heterocycles. The van der Waals surface area contributed by atoms with Crippen LogP contribution in [0.5, 0.6) is 0 Å². The third-order valence-electron chi connectivity index (χ3n) is 4.62. The van der Waals surface area contributed by atoms with Crippen LogP contribution in [0.15, 0.2) is 18.2 Å². The molecule has 3 heterocycles. The zero-order valence-corrected chi connectivity index (χ0v) is 13.8. The Morgan fingerprint density at radius 2 is 2.00 bits per heavy atom. The first-order chi connectivity index (χ1) is 11.1. The summed E-state index contributed by atoms with van der Waals surface area (Å²) in [5.74, 6) is 1.58. The summed E-state index contributed by atoms with van der Waals surface area (Å²) >= 11 is 6.16. The van der Waals surface area contributed by atoms with Gasteiger partial charge >= 0.3 is 0 Å². The molecule has 4 rings (SSSR count). The Hall–Kier alpha value is -1.92. The molecule has 120 valence electrons. The summed E-state index contributed by atoms with van der Waals surface area (Å²) in [6, 6.07) is 5.51. The van der Waals surface area contributed by atoms with Crippen molar-refractivity contribution >= 4 is 23.2 Å². The molecular formula is C16H18ClN5O. The molecule has 2 aliphatic rings. The van der Waals surface area contributed by atoms with Crippen LogP contribution < -0.4 is 4.90 Å². The van der Waals surface area contributed by atoms with Crippen LogP contribution in [0.4, 0.5) is 5.69 Å². The maximum Gasteiger partial charge on any atom is 0.246 e. The van der Waals surface area contributed by atoms with Crippen molar-refractivity contribution in [1.29, 1.82) is 0 Å². The average molecular weight is 332 g/mol. The second-order valence-electron chi connectivity index (χ2n) is 6.12. The second kappa shape index (κ2) is 5.62. The maximum atomic E-state index is 12.5. The lowest BCUT2D eigenvalue weighted by Gasteiger charge is -2.17. The number of rotatable bonds is 2. The molecule has 23 heavy (non-hydrogen) atoms. The van der Waals surface area contributed by atoms with Gasteiger partial charge in [0.1, 0.15) is 12.4 Å². The summed E-state index contributed by atoms with van der Waals surface area (Å²) in [4.78, 5) is 16.5. The minimum absolute atomic E-state index is 0.0230. The molecule has 0 aliphatic carbocycles. The Morgan fingerprint density at radius 1 is 1.22 bits per heavy atom. The Labute approximate surface area is 139 Å². The highest BCUT2D eigenvalue weighted by atomic mass is 35.5. The number of halogens is 1. The van der Waals surface area contributed by atoms with Gasteiger partial charge in [-0.05, 0) is 44.1 Å². The predicted octanol–water partition coefficient (Wildman–Crippen LogP) is 2.17. The van der Waals surface area contributed by atoms with Crippen molar-refractivity contribution in [3.05, 3.63) is 29.0 Å². The van der Waals surface area contributed by atoms with Crippen LogP contribution in [0.1, 0.15) is 18.7 Å². The summed E-state index contributed by atoms with van der Waals surface area (Å²) in [6.45, 7) is 3.16. The summed E-state index contributed by atoms with van der Waals surface area (Å²) in [5.41, 5.74) is 1.67. The van der Waals surface area contributed by atoms with E-state index in [2.05, 4.69) is 15.1 Å². The first-order valence-corrected chi connectivity index (χ1v) is 8.22. The Balaban J connectivity index is 1.80. The zero-order chi connectivity index (χ0) is 16.0. The van der Waals surface area contributed by atoms with Crippen LogP contribution in [0.3, 0.4) is 0 Å². The van der Waals surface area contributed by atoms with Crippen LogP contribution in [0, 0.1) is 0 Å². The highest BCUT2D eigenvalue weighted by Gasteiger charge is 2.28. The van der Waals surface area contributed by atoms with E-state index in [-0.39, 0.29) is 12.5 Å². The van der Waals surface area contributed by atoms with Gasteiger partial charge in [0.15, 0.2) is 5.82 Å². The fourth-order valence-corrected chi connectivity index (χ4v) is 3.49. The highest BCUT2D eigenvalue weighted by molar-refractivity contribution is 6.31. The number of nitrogens with zero attached hydrogens (tertiary/aromatic N) is 5. The van der Waals surface area contributed by atoms with Gasteiger partial charge in [0.2, 0.25) is 5.91 Å². The van der Waals surface area contributed by atoms with E-state index >= 15 is 0 Å². The van der Waals surface area contributed by atoms with Crippen molar-refractivity contribution in [3.63, 3.8) is 0 Å². The quantitative estimate of drug-likeness (QED) is 0.846. The first-order valence-electron chi connectivity index (χ1n) is 7.84. The fourth-order valence-electron chi connectivity index (χ4n) is 3.31. The van der Waals surface area contributed by atoms with Crippen LogP contribution in [0.2, 0.25) is 5.02 Å². The minimum Gasteiger partial charge on any atom is -0.313 e.